The number of nitrogens with zero attached hydrogens (tertiary/aromatic N) is 2. The number of benzene rings is 2. The van der Waals surface area contributed by atoms with Crippen molar-refractivity contribution in [3.8, 4) is 0 Å². The van der Waals surface area contributed by atoms with Crippen molar-refractivity contribution in [2.24, 2.45) is 0 Å². The minimum Gasteiger partial charge on any atom is -0.549 e. The molecule has 2 aromatic carbocycles. The Morgan fingerprint density at radius 2 is 0.952 bits per heavy atom. The number of hydrogen-bond acceptors (Lipinski definition) is 10. The average Bonchev–Trinajstić information content (AvgIpc) is 3.07. The van der Waals surface area contributed by atoms with E-state index in [4.69, 9.17) is 15.0 Å². The van der Waals surface area contributed by atoms with Gasteiger partial charge >= 0.3 is 54.3 Å². The zero-order valence-corrected chi connectivity index (χ0v) is 39.0. The maximum Gasteiger partial charge on any atom is 1.00 e. The number of sulfonamides is 2. The Morgan fingerprint density at radius 1 is 0.667 bits per heavy atom. The van der Waals surface area contributed by atoms with E-state index >= 15 is 0 Å². The molecule has 360 valence electrons. The summed E-state index contributed by atoms with van der Waals surface area (Å²) < 4.78 is 206. The first-order valence-electron chi connectivity index (χ1n) is 17.4. The number of quaternary nitrogens is 1. The minimum absolute atomic E-state index is 0. The van der Waals surface area contributed by atoms with E-state index in [9.17, 15) is 79.4 Å². The van der Waals surface area contributed by atoms with E-state index in [1.165, 1.54) is 0 Å². The van der Waals surface area contributed by atoms with E-state index in [0.717, 1.165) is 0 Å². The Bertz CT molecular complexity index is 1870. The fraction of sp³-hybridized carbons (Fsp3) is 0.588. The molecule has 0 heterocycles. The summed E-state index contributed by atoms with van der Waals surface area (Å²) in [6, 6.07) is 1.41. The van der Waals surface area contributed by atoms with Crippen molar-refractivity contribution < 1.29 is 128 Å². The van der Waals surface area contributed by atoms with E-state index in [2.05, 4.69) is 21.0 Å². The molecule has 0 saturated heterocycles. The fourth-order valence-electron chi connectivity index (χ4n) is 4.53. The Hall–Kier alpha value is -2.47. The molecule has 0 fully saturated rings. The topological polar surface area (TPSA) is 196 Å². The maximum absolute atomic E-state index is 12.8. The molecule has 0 unspecified atom stereocenters. The summed E-state index contributed by atoms with van der Waals surface area (Å²) in [5.41, 5.74) is -7.52. The average molecular weight is 1010 g/mol. The van der Waals surface area contributed by atoms with Gasteiger partial charge in [-0.05, 0) is 81.5 Å². The summed E-state index contributed by atoms with van der Waals surface area (Å²) in [5.74, 6) is -4.98. The number of alkyl halides is 13. The van der Waals surface area contributed by atoms with Crippen LogP contribution in [0.2, 0.25) is 0 Å². The van der Waals surface area contributed by atoms with Crippen LogP contribution in [0.25, 0.3) is 0 Å². The molecule has 0 radical (unpaired) electrons. The number of carbonyl (C=O) groups is 2. The van der Waals surface area contributed by atoms with Crippen molar-refractivity contribution >= 4 is 43.6 Å². The standard InChI is InChI=1S/C16H20F6N2O4S.C14H18F6N2O2S.C2H3ClO2.C2H6O.Na/c1-24(2,9-14(25)26)5-3-4-23-29(27,28)10-11-6-12(15(17,18)19)8-13(7-11)16(20,21)22;1-22(2)5-3-4-21-25(23,24)9-10-6-11(13(15,16)17)8-12(7-10)14(18,19)20;3-1-2(4)5;1-2-3;/h6-8,23H,3-5,9-10H2,1-2H3;6-8,21H,3-5,9H2,1-2H3;1H2,(H,4,5);3H,2H2,1H3;/q;;;;+1/p-1. The van der Waals surface area contributed by atoms with Gasteiger partial charge in [0.1, 0.15) is 6.54 Å². The molecule has 0 saturated carbocycles. The van der Waals surface area contributed by atoms with Gasteiger partial charge in [0, 0.05) is 26.1 Å². The van der Waals surface area contributed by atoms with Crippen LogP contribution in [0.3, 0.4) is 0 Å². The first-order valence-corrected chi connectivity index (χ1v) is 21.2. The Balaban J connectivity index is -0.000000968. The van der Waals surface area contributed by atoms with Gasteiger partial charge in [-0.25, -0.2) is 26.3 Å². The molecule has 13 nitrogen and oxygen atoms in total. The van der Waals surface area contributed by atoms with Crippen LogP contribution in [0.1, 0.15) is 53.1 Å². The van der Waals surface area contributed by atoms with Crippen LogP contribution >= 0.6 is 11.6 Å². The van der Waals surface area contributed by atoms with Crippen LogP contribution in [0, 0.1) is 0 Å². The van der Waals surface area contributed by atoms with Crippen molar-refractivity contribution in [3.05, 3.63) is 69.8 Å². The van der Waals surface area contributed by atoms with Crippen molar-refractivity contribution in [1.29, 1.82) is 0 Å². The molecule has 2 rings (SSSR count). The molecular formula is C34H46ClF12N4NaO9S2. The number of carbonyl (C=O) groups excluding carboxylic acids is 2. The van der Waals surface area contributed by atoms with E-state index in [0.29, 0.717) is 37.2 Å². The van der Waals surface area contributed by atoms with Gasteiger partial charge < -0.3 is 34.3 Å². The second kappa shape index (κ2) is 27.9. The number of rotatable bonds is 17. The third-order valence-corrected chi connectivity index (χ3v) is 9.97. The predicted molar refractivity (Wildman–Crippen MR) is 197 cm³/mol. The summed E-state index contributed by atoms with van der Waals surface area (Å²) in [5, 5.41) is 27.3. The van der Waals surface area contributed by atoms with Crippen LogP contribution in [-0.2, 0) is 65.8 Å². The van der Waals surface area contributed by atoms with Gasteiger partial charge in [0.05, 0.1) is 72.2 Å². The second-order valence-electron chi connectivity index (χ2n) is 13.7. The number of aliphatic hydroxyl groups excluding tert-OH is 1. The molecule has 0 atom stereocenters. The molecular weight excluding hydrogens is 959 g/mol. The van der Waals surface area contributed by atoms with E-state index in [-0.39, 0.29) is 85.4 Å². The van der Waals surface area contributed by atoms with Gasteiger partial charge in [-0.1, -0.05) is 0 Å². The molecule has 0 aromatic heterocycles. The molecule has 2 aromatic rings. The zero-order valence-electron chi connectivity index (χ0n) is 34.6. The molecule has 0 spiro atoms. The number of aliphatic hydroxyl groups is 1. The summed E-state index contributed by atoms with van der Waals surface area (Å²) in [6.07, 6.45) is -19.5. The molecule has 0 aliphatic carbocycles. The van der Waals surface area contributed by atoms with Gasteiger partial charge in [0.15, 0.2) is 0 Å². The number of hydrogen-bond donors (Lipinski definition) is 3. The van der Waals surface area contributed by atoms with E-state index < -0.39 is 107 Å². The smallest absolute Gasteiger partial charge is 0.549 e. The number of nitrogens with one attached hydrogen (secondary N) is 2. The number of aliphatic carboxylic acids is 2. The Morgan fingerprint density at radius 3 is 1.19 bits per heavy atom. The summed E-state index contributed by atoms with van der Waals surface area (Å²) in [6.45, 7) is 2.31. The molecule has 3 N–H and O–H groups in total. The van der Waals surface area contributed by atoms with Crippen LogP contribution < -0.4 is 49.2 Å². The first-order chi connectivity index (χ1) is 27.8. The number of likely N-dealkylation sites (N-methyl/N-ethyl adjacent to an activating group) is 1. The third kappa shape index (κ3) is 31.2. The van der Waals surface area contributed by atoms with Gasteiger partial charge in [0.2, 0.25) is 20.0 Å². The fourth-order valence-corrected chi connectivity index (χ4v) is 6.86. The molecule has 29 heteroatoms. The third-order valence-electron chi connectivity index (χ3n) is 7.04. The SMILES string of the molecule is CCO.CN(C)CCCNS(=O)(=O)Cc1cc(C(F)(F)F)cc(C(F)(F)F)c1.C[N+](C)(CCCNS(=O)(=O)Cc1cc(C(F)(F)F)cc(C(F)(F)F)c1)CC(=O)[O-].O=C([O-])CCl.[Na+]. The van der Waals surface area contributed by atoms with Crippen LogP contribution in [0.15, 0.2) is 36.4 Å². The zero-order chi connectivity index (χ0) is 49.1. The first kappa shape index (κ1) is 64.8. The van der Waals surface area contributed by atoms with E-state index in [1.807, 2.05) is 0 Å². The molecule has 0 aliphatic rings. The van der Waals surface area contributed by atoms with Crippen molar-refractivity contribution in [2.75, 3.05) is 73.4 Å². The molecule has 0 amide bonds. The normalized spacial score (nSPS) is 12.4. The van der Waals surface area contributed by atoms with Gasteiger partial charge in [0.25, 0.3) is 0 Å². The van der Waals surface area contributed by atoms with Crippen LogP contribution in [0.4, 0.5) is 52.7 Å². The van der Waals surface area contributed by atoms with Crippen molar-refractivity contribution in [1.82, 2.24) is 14.3 Å². The largest absolute Gasteiger partial charge is 1.00 e. The molecule has 63 heavy (non-hydrogen) atoms. The Kier molecular flexibility index (Phi) is 28.7. The van der Waals surface area contributed by atoms with Gasteiger partial charge in [-0.15, -0.1) is 11.6 Å². The summed E-state index contributed by atoms with van der Waals surface area (Å²) in [7, 11) is -1.58. The monoisotopic (exact) mass is 1000 g/mol. The summed E-state index contributed by atoms with van der Waals surface area (Å²) in [4.78, 5) is 21.5. The maximum atomic E-state index is 12.8. The number of carboxylic acids is 2. The van der Waals surface area contributed by atoms with Crippen LogP contribution in [-0.4, -0.2) is 117 Å². The quantitative estimate of drug-likeness (QED) is 0.0658. The minimum atomic E-state index is -5.07. The molecule has 0 bridgehead atoms. The summed E-state index contributed by atoms with van der Waals surface area (Å²) >= 11 is 4.67. The molecule has 0 aliphatic heterocycles. The van der Waals surface area contributed by atoms with Gasteiger partial charge in [-0.3, -0.25) is 0 Å². The second-order valence-corrected chi connectivity index (χ2v) is 17.5. The number of carboxylic acid groups (broad SMARTS) is 2. The number of halogens is 13. The predicted octanol–water partition coefficient (Wildman–Crippen LogP) is 0.433. The van der Waals surface area contributed by atoms with Gasteiger partial charge in [-0.2, -0.15) is 52.7 Å². The van der Waals surface area contributed by atoms with Crippen molar-refractivity contribution in [3.63, 3.8) is 0 Å². The Labute approximate surface area is 383 Å². The van der Waals surface area contributed by atoms with Crippen LogP contribution in [0.5, 0.6) is 0 Å². The van der Waals surface area contributed by atoms with Crippen molar-refractivity contribution in [2.45, 2.75) is 56.0 Å². The van der Waals surface area contributed by atoms with E-state index in [1.54, 1.807) is 40.0 Å².